The molecule has 4 aromatic rings. The lowest BCUT2D eigenvalue weighted by atomic mass is 10.2. The molecule has 2 nitrogen and oxygen atoms in total. The highest BCUT2D eigenvalue weighted by Crippen LogP contribution is 2.39. The molecule has 0 amide bonds. The summed E-state index contributed by atoms with van der Waals surface area (Å²) in [5, 5.41) is 0. The van der Waals surface area contributed by atoms with Gasteiger partial charge in [0, 0.05) is 20.9 Å². The Morgan fingerprint density at radius 1 is 0.531 bits per heavy atom. The van der Waals surface area contributed by atoms with Crippen molar-refractivity contribution in [3.63, 3.8) is 0 Å². The average molecular weight is 467 g/mol. The van der Waals surface area contributed by atoms with Crippen molar-refractivity contribution in [3.8, 4) is 11.5 Å². The molecule has 0 aliphatic carbocycles. The smallest absolute Gasteiger partial charge is 0.129 e. The summed E-state index contributed by atoms with van der Waals surface area (Å²) in [4.78, 5) is 2.03. The highest BCUT2D eigenvalue weighted by atomic mass is 33.1. The standard InChI is InChI=1S/C26H20F2O2S2/c27-25-13-3-1-7-19(25)17-29-21-9-5-11-23(15-21)31-32-24-12-6-10-22(16-24)30-18-20-8-2-4-14-26(20)28/h1-16H,17-18H2. The zero-order valence-corrected chi connectivity index (χ0v) is 18.7. The van der Waals surface area contributed by atoms with Gasteiger partial charge in [-0.2, -0.15) is 0 Å². The van der Waals surface area contributed by atoms with Crippen molar-refractivity contribution in [2.75, 3.05) is 0 Å². The third-order valence-corrected chi connectivity index (χ3v) is 6.93. The summed E-state index contributed by atoms with van der Waals surface area (Å²) in [6.07, 6.45) is 0. The van der Waals surface area contributed by atoms with Crippen molar-refractivity contribution in [1.82, 2.24) is 0 Å². The van der Waals surface area contributed by atoms with Crippen molar-refractivity contribution in [1.29, 1.82) is 0 Å². The van der Waals surface area contributed by atoms with E-state index in [-0.39, 0.29) is 24.8 Å². The van der Waals surface area contributed by atoms with Gasteiger partial charge in [-0.1, -0.05) is 70.1 Å². The zero-order chi connectivity index (χ0) is 22.2. The van der Waals surface area contributed by atoms with Crippen LogP contribution in [0.4, 0.5) is 8.78 Å². The molecule has 162 valence electrons. The minimum Gasteiger partial charge on any atom is -0.489 e. The van der Waals surface area contributed by atoms with Crippen molar-refractivity contribution < 1.29 is 18.3 Å². The van der Waals surface area contributed by atoms with E-state index in [2.05, 4.69) is 0 Å². The lowest BCUT2D eigenvalue weighted by Gasteiger charge is -2.10. The summed E-state index contributed by atoms with van der Waals surface area (Å²) in [6.45, 7) is 0.352. The van der Waals surface area contributed by atoms with Crippen LogP contribution in [0.2, 0.25) is 0 Å². The molecule has 32 heavy (non-hydrogen) atoms. The van der Waals surface area contributed by atoms with Crippen LogP contribution < -0.4 is 9.47 Å². The highest BCUT2D eigenvalue weighted by molar-refractivity contribution is 8.76. The number of hydrogen-bond acceptors (Lipinski definition) is 4. The van der Waals surface area contributed by atoms with Crippen molar-refractivity contribution >= 4 is 21.6 Å². The monoisotopic (exact) mass is 466 g/mol. The summed E-state index contributed by atoms with van der Waals surface area (Å²) in [5.74, 6) is 0.818. The van der Waals surface area contributed by atoms with Gasteiger partial charge in [0.05, 0.1) is 0 Å². The van der Waals surface area contributed by atoms with E-state index in [4.69, 9.17) is 9.47 Å². The Bertz CT molecular complexity index is 1090. The third-order valence-electron chi connectivity index (χ3n) is 4.55. The number of rotatable bonds is 9. The number of hydrogen-bond donors (Lipinski definition) is 0. The maximum absolute atomic E-state index is 13.8. The minimum atomic E-state index is -0.273. The van der Waals surface area contributed by atoms with Gasteiger partial charge in [-0.25, -0.2) is 8.78 Å². The Kier molecular flexibility index (Phi) is 7.69. The van der Waals surface area contributed by atoms with E-state index >= 15 is 0 Å². The van der Waals surface area contributed by atoms with E-state index in [9.17, 15) is 8.78 Å². The SMILES string of the molecule is Fc1ccccc1COc1cccc(SSc2cccc(OCc3ccccc3F)c2)c1. The van der Waals surface area contributed by atoms with Crippen LogP contribution in [-0.4, -0.2) is 0 Å². The molecule has 0 heterocycles. The molecule has 0 unspecified atom stereocenters. The molecule has 0 aliphatic rings. The number of halogens is 2. The maximum Gasteiger partial charge on any atom is 0.129 e. The Morgan fingerprint density at radius 3 is 1.41 bits per heavy atom. The maximum atomic E-state index is 13.8. The lowest BCUT2D eigenvalue weighted by Crippen LogP contribution is -1.98. The molecule has 6 heteroatoms. The molecule has 4 aromatic carbocycles. The molecule has 0 N–H and O–H groups in total. The van der Waals surface area contributed by atoms with Gasteiger partial charge in [0.1, 0.15) is 36.3 Å². The van der Waals surface area contributed by atoms with Crippen molar-refractivity contribution in [2.24, 2.45) is 0 Å². The second kappa shape index (κ2) is 11.1. The first-order valence-corrected chi connectivity index (χ1v) is 12.1. The van der Waals surface area contributed by atoms with Crippen LogP contribution in [0, 0.1) is 11.6 Å². The molecule has 0 bridgehead atoms. The highest BCUT2D eigenvalue weighted by Gasteiger charge is 2.06. The average Bonchev–Trinajstić information content (AvgIpc) is 2.82. The summed E-state index contributed by atoms with van der Waals surface area (Å²) >= 11 is 0. The number of ether oxygens (including phenoxy) is 2. The molecule has 0 saturated carbocycles. The second-order valence-electron chi connectivity index (χ2n) is 6.88. The first-order valence-electron chi connectivity index (χ1n) is 9.94. The number of benzene rings is 4. The van der Waals surface area contributed by atoms with Crippen LogP contribution in [0.5, 0.6) is 11.5 Å². The van der Waals surface area contributed by atoms with Crippen LogP contribution >= 0.6 is 21.6 Å². The topological polar surface area (TPSA) is 18.5 Å². The van der Waals surface area contributed by atoms with Gasteiger partial charge in [-0.05, 0) is 48.5 Å². The molecular weight excluding hydrogens is 446 g/mol. The first-order chi connectivity index (χ1) is 15.7. The molecule has 0 radical (unpaired) electrons. The predicted molar refractivity (Wildman–Crippen MR) is 126 cm³/mol. The van der Waals surface area contributed by atoms with E-state index in [0.717, 1.165) is 9.79 Å². The van der Waals surface area contributed by atoms with Crippen molar-refractivity contribution in [3.05, 3.63) is 120 Å². The Balaban J connectivity index is 1.32. The van der Waals surface area contributed by atoms with E-state index in [1.54, 1.807) is 58.0 Å². The normalized spacial score (nSPS) is 10.7. The van der Waals surface area contributed by atoms with Gasteiger partial charge >= 0.3 is 0 Å². The van der Waals surface area contributed by atoms with Gasteiger partial charge in [-0.3, -0.25) is 0 Å². The Hall–Kier alpha value is -2.96. The van der Waals surface area contributed by atoms with Crippen LogP contribution in [-0.2, 0) is 13.2 Å². The van der Waals surface area contributed by atoms with Gasteiger partial charge in [0.25, 0.3) is 0 Å². The summed E-state index contributed by atoms with van der Waals surface area (Å²) in [5.41, 5.74) is 1.04. The van der Waals surface area contributed by atoms with Crippen LogP contribution in [0.15, 0.2) is 107 Å². The van der Waals surface area contributed by atoms with Crippen LogP contribution in [0.3, 0.4) is 0 Å². The molecule has 4 rings (SSSR count). The van der Waals surface area contributed by atoms with Gasteiger partial charge in [0.15, 0.2) is 0 Å². The third kappa shape index (κ3) is 6.28. The fraction of sp³-hybridized carbons (Fsp3) is 0.0769. The summed E-state index contributed by atoms with van der Waals surface area (Å²) in [7, 11) is 3.17. The van der Waals surface area contributed by atoms with Gasteiger partial charge in [-0.15, -0.1) is 0 Å². The molecule has 0 fully saturated rings. The lowest BCUT2D eigenvalue weighted by molar-refractivity contribution is 0.299. The molecule has 0 spiro atoms. The van der Waals surface area contributed by atoms with E-state index in [1.165, 1.54) is 12.1 Å². The largest absolute Gasteiger partial charge is 0.489 e. The first kappa shape index (κ1) is 22.2. The van der Waals surface area contributed by atoms with Crippen LogP contribution in [0.25, 0.3) is 0 Å². The molecular formula is C26H20F2O2S2. The van der Waals surface area contributed by atoms with Gasteiger partial charge in [0.2, 0.25) is 0 Å². The predicted octanol–water partition coefficient (Wildman–Crippen LogP) is 7.92. The van der Waals surface area contributed by atoms with Crippen LogP contribution in [0.1, 0.15) is 11.1 Å². The molecule has 0 atom stereocenters. The van der Waals surface area contributed by atoms with E-state index in [1.807, 2.05) is 48.5 Å². The fourth-order valence-electron chi connectivity index (χ4n) is 2.88. The van der Waals surface area contributed by atoms with E-state index in [0.29, 0.717) is 22.6 Å². The Labute approximate surface area is 194 Å². The molecule has 0 aliphatic heterocycles. The Morgan fingerprint density at radius 2 is 0.969 bits per heavy atom. The quantitative estimate of drug-likeness (QED) is 0.233. The fourth-order valence-corrected chi connectivity index (χ4v) is 4.87. The minimum absolute atomic E-state index is 0.176. The van der Waals surface area contributed by atoms with E-state index < -0.39 is 0 Å². The molecule has 0 saturated heterocycles. The summed E-state index contributed by atoms with van der Waals surface area (Å²) < 4.78 is 39.0. The zero-order valence-electron chi connectivity index (χ0n) is 17.0. The van der Waals surface area contributed by atoms with Gasteiger partial charge < -0.3 is 9.47 Å². The van der Waals surface area contributed by atoms with Crippen molar-refractivity contribution in [2.45, 2.75) is 23.0 Å². The molecule has 0 aromatic heterocycles. The second-order valence-corrected chi connectivity index (χ2v) is 9.15. The summed E-state index contributed by atoms with van der Waals surface area (Å²) in [6, 6.07) is 28.5.